The molecule has 0 aliphatic carbocycles. The number of morpholine rings is 1. The Morgan fingerprint density at radius 2 is 1.81 bits per heavy atom. The summed E-state index contributed by atoms with van der Waals surface area (Å²) < 4.78 is 13.5. The molecule has 3 heterocycles. The Labute approximate surface area is 249 Å². The molecule has 2 N–H and O–H groups in total. The van der Waals surface area contributed by atoms with E-state index in [0.717, 1.165) is 105 Å². The normalized spacial score (nSPS) is 14.0. The van der Waals surface area contributed by atoms with Gasteiger partial charge in [-0.2, -0.15) is 0 Å². The lowest BCUT2D eigenvalue weighted by atomic mass is 10.0. The largest absolute Gasteiger partial charge is 0.495 e. The Hall–Kier alpha value is -3.46. The van der Waals surface area contributed by atoms with E-state index in [-0.39, 0.29) is 6.61 Å². The van der Waals surface area contributed by atoms with Crippen LogP contribution in [0.1, 0.15) is 53.2 Å². The first-order valence-corrected chi connectivity index (χ1v) is 15.3. The van der Waals surface area contributed by atoms with Crippen LogP contribution in [-0.4, -0.2) is 71.1 Å². The number of fused-ring (bicyclic) bond motifs is 1. The van der Waals surface area contributed by atoms with Crippen molar-refractivity contribution in [3.8, 4) is 5.75 Å². The molecule has 224 valence electrons. The van der Waals surface area contributed by atoms with Crippen LogP contribution in [0.3, 0.4) is 0 Å². The van der Waals surface area contributed by atoms with E-state index in [9.17, 15) is 5.11 Å². The summed E-state index contributed by atoms with van der Waals surface area (Å²) in [6.45, 7) is 10.5. The van der Waals surface area contributed by atoms with Crippen LogP contribution >= 0.6 is 0 Å². The van der Waals surface area contributed by atoms with Crippen LogP contribution in [0, 0.1) is 13.8 Å². The molecule has 1 aliphatic rings. The van der Waals surface area contributed by atoms with Crippen LogP contribution in [0.25, 0.3) is 11.0 Å². The predicted octanol–water partition coefficient (Wildman–Crippen LogP) is 5.30. The first-order valence-electron chi connectivity index (χ1n) is 15.3. The molecule has 42 heavy (non-hydrogen) atoms. The maximum atomic E-state index is 9.34. The lowest BCUT2D eigenvalue weighted by molar-refractivity contribution is 0.0372. The highest BCUT2D eigenvalue weighted by Gasteiger charge is 2.16. The highest BCUT2D eigenvalue weighted by atomic mass is 16.5. The molecular weight excluding hydrogens is 526 g/mol. The molecule has 2 aromatic heterocycles. The standard InChI is InChI=1S/C34H45N5O3/c1-25-9-12-28(7-6-18-40)30(21-25)35-23-27-11-13-29-32(22-27)39(24-31-33(41-3)14-10-26(2)36-31)34(37-29)8-4-5-15-38-16-19-42-20-17-38/h9-14,21-22,35,40H,4-8,15-20,23-24H2,1-3H3. The topological polar surface area (TPSA) is 84.7 Å². The molecule has 4 aromatic rings. The van der Waals surface area contributed by atoms with Crippen molar-refractivity contribution in [3.63, 3.8) is 0 Å². The Kier molecular flexibility index (Phi) is 10.5. The molecule has 1 fully saturated rings. The number of anilines is 1. The molecule has 8 nitrogen and oxygen atoms in total. The van der Waals surface area contributed by atoms with Crippen LogP contribution in [-0.2, 0) is 30.7 Å². The molecule has 1 aliphatic heterocycles. The lowest BCUT2D eigenvalue weighted by Gasteiger charge is -2.26. The fourth-order valence-corrected chi connectivity index (χ4v) is 5.73. The van der Waals surface area contributed by atoms with Crippen LogP contribution in [0.15, 0.2) is 48.5 Å². The van der Waals surface area contributed by atoms with Gasteiger partial charge in [-0.3, -0.25) is 9.88 Å². The minimum absolute atomic E-state index is 0.199. The van der Waals surface area contributed by atoms with Crippen molar-refractivity contribution in [1.29, 1.82) is 0 Å². The van der Waals surface area contributed by atoms with Crippen molar-refractivity contribution < 1.29 is 14.6 Å². The van der Waals surface area contributed by atoms with Crippen molar-refractivity contribution in [2.24, 2.45) is 0 Å². The molecule has 0 saturated carbocycles. The number of aryl methyl sites for hydroxylation is 4. The van der Waals surface area contributed by atoms with Crippen molar-refractivity contribution in [1.82, 2.24) is 19.4 Å². The summed E-state index contributed by atoms with van der Waals surface area (Å²) in [5.41, 5.74) is 8.80. The molecule has 0 radical (unpaired) electrons. The summed E-state index contributed by atoms with van der Waals surface area (Å²) in [6, 6.07) is 17.1. The van der Waals surface area contributed by atoms with Gasteiger partial charge in [-0.15, -0.1) is 0 Å². The SMILES string of the molecule is COc1ccc(C)nc1Cn1c(CCCCN2CCOCC2)nc2ccc(CNc3cc(C)ccc3CCCO)cc21. The highest BCUT2D eigenvalue weighted by molar-refractivity contribution is 5.77. The third-order valence-electron chi connectivity index (χ3n) is 8.07. The zero-order valence-electron chi connectivity index (χ0n) is 25.4. The van der Waals surface area contributed by atoms with E-state index in [0.29, 0.717) is 13.1 Å². The number of imidazole rings is 1. The molecule has 8 heteroatoms. The summed E-state index contributed by atoms with van der Waals surface area (Å²) in [5, 5.41) is 13.0. The van der Waals surface area contributed by atoms with Crippen molar-refractivity contribution in [2.75, 3.05) is 51.9 Å². The van der Waals surface area contributed by atoms with Gasteiger partial charge in [-0.05, 0) is 93.1 Å². The van der Waals surface area contributed by atoms with Crippen molar-refractivity contribution in [2.45, 2.75) is 59.0 Å². The molecule has 0 unspecified atom stereocenters. The smallest absolute Gasteiger partial charge is 0.142 e. The summed E-state index contributed by atoms with van der Waals surface area (Å²) in [6.07, 6.45) is 4.74. The number of hydrogen-bond donors (Lipinski definition) is 2. The molecule has 0 spiro atoms. The van der Waals surface area contributed by atoms with E-state index in [4.69, 9.17) is 19.4 Å². The number of benzene rings is 2. The van der Waals surface area contributed by atoms with Gasteiger partial charge in [0.15, 0.2) is 0 Å². The van der Waals surface area contributed by atoms with Gasteiger partial charge in [0.2, 0.25) is 0 Å². The Bertz CT molecular complexity index is 1460. The number of aliphatic hydroxyl groups is 1. The van der Waals surface area contributed by atoms with Gasteiger partial charge in [0, 0.05) is 44.0 Å². The molecule has 0 atom stereocenters. The quantitative estimate of drug-likeness (QED) is 0.199. The third-order valence-corrected chi connectivity index (χ3v) is 8.07. The number of nitrogens with one attached hydrogen (secondary N) is 1. The maximum Gasteiger partial charge on any atom is 0.142 e. The number of methoxy groups -OCH3 is 1. The van der Waals surface area contributed by atoms with E-state index in [1.807, 2.05) is 19.1 Å². The van der Waals surface area contributed by atoms with Gasteiger partial charge in [0.05, 0.1) is 37.9 Å². The van der Waals surface area contributed by atoms with Crippen molar-refractivity contribution in [3.05, 3.63) is 82.4 Å². The Balaban J connectivity index is 1.38. The minimum Gasteiger partial charge on any atom is -0.495 e. The second-order valence-electron chi connectivity index (χ2n) is 11.3. The van der Waals surface area contributed by atoms with Gasteiger partial charge in [-0.25, -0.2) is 4.98 Å². The van der Waals surface area contributed by atoms with E-state index in [2.05, 4.69) is 58.1 Å². The first kappa shape index (κ1) is 30.0. The average molecular weight is 572 g/mol. The predicted molar refractivity (Wildman–Crippen MR) is 168 cm³/mol. The molecule has 0 bridgehead atoms. The zero-order chi connectivity index (χ0) is 29.3. The summed E-state index contributed by atoms with van der Waals surface area (Å²) >= 11 is 0. The number of pyridine rings is 1. The molecular formula is C34H45N5O3. The highest BCUT2D eigenvalue weighted by Crippen LogP contribution is 2.26. The van der Waals surface area contributed by atoms with Gasteiger partial charge < -0.3 is 24.5 Å². The second-order valence-corrected chi connectivity index (χ2v) is 11.3. The number of ether oxygens (including phenoxy) is 2. The van der Waals surface area contributed by atoms with Gasteiger partial charge in [-0.1, -0.05) is 18.2 Å². The van der Waals surface area contributed by atoms with E-state index >= 15 is 0 Å². The molecule has 2 aromatic carbocycles. The van der Waals surface area contributed by atoms with Gasteiger partial charge in [0.25, 0.3) is 0 Å². The number of unbranched alkanes of at least 4 members (excludes halogenated alkanes) is 1. The number of nitrogens with zero attached hydrogens (tertiary/aromatic N) is 4. The number of rotatable bonds is 14. The monoisotopic (exact) mass is 571 g/mol. The summed E-state index contributed by atoms with van der Waals surface area (Å²) in [7, 11) is 1.71. The van der Waals surface area contributed by atoms with Crippen LogP contribution in [0.4, 0.5) is 5.69 Å². The van der Waals surface area contributed by atoms with Crippen LogP contribution < -0.4 is 10.1 Å². The van der Waals surface area contributed by atoms with Crippen LogP contribution in [0.5, 0.6) is 5.75 Å². The fourth-order valence-electron chi connectivity index (χ4n) is 5.73. The van der Waals surface area contributed by atoms with Gasteiger partial charge >= 0.3 is 0 Å². The fraction of sp³-hybridized carbons (Fsp3) is 0.471. The number of hydrogen-bond acceptors (Lipinski definition) is 7. The Morgan fingerprint density at radius 1 is 0.952 bits per heavy atom. The Morgan fingerprint density at radius 3 is 2.62 bits per heavy atom. The third kappa shape index (κ3) is 7.68. The second kappa shape index (κ2) is 14.6. The lowest BCUT2D eigenvalue weighted by Crippen LogP contribution is -2.36. The molecule has 0 amide bonds. The van der Waals surface area contributed by atoms with Crippen molar-refractivity contribution >= 4 is 16.7 Å². The van der Waals surface area contributed by atoms with E-state index in [1.54, 1.807) is 7.11 Å². The van der Waals surface area contributed by atoms with E-state index in [1.165, 1.54) is 16.7 Å². The minimum atomic E-state index is 0.199. The van der Waals surface area contributed by atoms with E-state index < -0.39 is 0 Å². The molecule has 1 saturated heterocycles. The molecule has 5 rings (SSSR count). The number of aromatic nitrogens is 3. The van der Waals surface area contributed by atoms with Crippen LogP contribution in [0.2, 0.25) is 0 Å². The maximum absolute atomic E-state index is 9.34. The van der Waals surface area contributed by atoms with Gasteiger partial charge in [0.1, 0.15) is 17.3 Å². The zero-order valence-corrected chi connectivity index (χ0v) is 25.4. The first-order chi connectivity index (χ1) is 20.5. The number of aliphatic hydroxyl groups excluding tert-OH is 1. The average Bonchev–Trinajstić information content (AvgIpc) is 3.34. The summed E-state index contributed by atoms with van der Waals surface area (Å²) in [4.78, 5) is 12.4. The summed E-state index contributed by atoms with van der Waals surface area (Å²) in [5.74, 6) is 1.89.